The van der Waals surface area contributed by atoms with Gasteiger partial charge in [0, 0.05) is 37.6 Å². The van der Waals surface area contributed by atoms with Gasteiger partial charge in [-0.05, 0) is 50.7 Å². The summed E-state index contributed by atoms with van der Waals surface area (Å²) in [5.41, 5.74) is 2.35. The number of carbonyl (C=O) groups is 2. The van der Waals surface area contributed by atoms with Crippen LogP contribution in [0.2, 0.25) is 0 Å². The molecule has 10 nitrogen and oxygen atoms in total. The van der Waals surface area contributed by atoms with Gasteiger partial charge in [0.05, 0.1) is 18.9 Å². The van der Waals surface area contributed by atoms with Gasteiger partial charge in [-0.25, -0.2) is 0 Å². The first-order valence-corrected chi connectivity index (χ1v) is 13.1. The maximum Gasteiger partial charge on any atom is 0.244 e. The second-order valence-corrected chi connectivity index (χ2v) is 9.51. The molecule has 1 saturated heterocycles. The van der Waals surface area contributed by atoms with Crippen LogP contribution in [0.3, 0.4) is 0 Å². The quantitative estimate of drug-likeness (QED) is 0.225. The summed E-state index contributed by atoms with van der Waals surface area (Å²) in [4.78, 5) is 33.0. The van der Waals surface area contributed by atoms with Crippen LogP contribution in [0, 0.1) is 10.8 Å². The summed E-state index contributed by atoms with van der Waals surface area (Å²) in [5, 5.41) is 21.9. The number of nitrogens with one attached hydrogen (secondary N) is 4. The molecular weight excluding hydrogens is 480 g/mol. The first-order valence-electron chi connectivity index (χ1n) is 13.1. The predicted molar refractivity (Wildman–Crippen MR) is 153 cm³/mol. The van der Waals surface area contributed by atoms with Gasteiger partial charge in [-0.2, -0.15) is 0 Å². The van der Waals surface area contributed by atoms with E-state index in [4.69, 9.17) is 10.8 Å². The Hall–Kier alpha value is -3.92. The van der Waals surface area contributed by atoms with E-state index in [0.717, 1.165) is 19.5 Å². The number of hydrogen-bond donors (Lipinski definition) is 4. The largest absolute Gasteiger partial charge is 0.353 e. The topological polar surface area (TPSA) is 119 Å². The van der Waals surface area contributed by atoms with Crippen LogP contribution in [0.25, 0.3) is 0 Å². The van der Waals surface area contributed by atoms with Crippen LogP contribution in [0.15, 0.2) is 54.6 Å². The molecule has 1 aliphatic rings. The van der Waals surface area contributed by atoms with E-state index in [0.29, 0.717) is 37.0 Å². The van der Waals surface area contributed by atoms with E-state index >= 15 is 0 Å². The molecule has 4 N–H and O–H groups in total. The summed E-state index contributed by atoms with van der Waals surface area (Å²) >= 11 is 0. The van der Waals surface area contributed by atoms with Crippen LogP contribution >= 0.6 is 0 Å². The molecule has 204 valence electrons. The van der Waals surface area contributed by atoms with Gasteiger partial charge in [-0.15, -0.1) is 0 Å². The monoisotopic (exact) mass is 520 g/mol. The molecule has 0 saturated carbocycles. The smallest absolute Gasteiger partial charge is 0.244 e. The second-order valence-electron chi connectivity index (χ2n) is 9.51. The number of guanidine groups is 1. The number of likely N-dealkylation sites (N-methyl/N-ethyl adjacent to an activating group) is 2. The zero-order chi connectivity index (χ0) is 27.5. The number of anilines is 2. The van der Waals surface area contributed by atoms with E-state index < -0.39 is 0 Å². The third kappa shape index (κ3) is 8.31. The Morgan fingerprint density at radius 2 is 1.71 bits per heavy atom. The minimum atomic E-state index is -0.231. The molecule has 0 aliphatic carbocycles. The maximum atomic E-state index is 12.9. The number of amides is 2. The van der Waals surface area contributed by atoms with Gasteiger partial charge < -0.3 is 30.2 Å². The number of rotatable bonds is 14. The standard InChI is InChI=1S/C28H40N8O2/c1-4-33(3)14-15-34(21-29)19-26(37)31-23-12-9-13-24(17-23)32-27(38)20-35-18-25(36(5-2)28(35)30)16-22-10-7-6-8-11-22/h6-13,17,21,25,29-30H,4-5,14-16,18-20H2,1-3H3,(H,31,37)(H,32,38). The Kier molecular flexibility index (Phi) is 10.7. The van der Waals surface area contributed by atoms with Crippen molar-refractivity contribution in [1.82, 2.24) is 19.6 Å². The number of nitrogens with zero attached hydrogens (tertiary/aromatic N) is 4. The first-order chi connectivity index (χ1) is 18.3. The van der Waals surface area contributed by atoms with Crippen LogP contribution < -0.4 is 10.6 Å². The number of hydrogen-bond acceptors (Lipinski definition) is 5. The summed E-state index contributed by atoms with van der Waals surface area (Å²) in [6.07, 6.45) is 2.00. The van der Waals surface area contributed by atoms with Gasteiger partial charge in [0.25, 0.3) is 0 Å². The normalized spacial score (nSPS) is 15.1. The second kappa shape index (κ2) is 14.1. The lowest BCUT2D eigenvalue weighted by Crippen LogP contribution is -2.38. The highest BCUT2D eigenvalue weighted by Gasteiger charge is 2.34. The third-order valence-electron chi connectivity index (χ3n) is 6.70. The van der Waals surface area contributed by atoms with Crippen LogP contribution in [0.4, 0.5) is 11.4 Å². The molecule has 0 spiro atoms. The lowest BCUT2D eigenvalue weighted by Gasteiger charge is -2.23. The Bertz CT molecular complexity index is 1090. The minimum Gasteiger partial charge on any atom is -0.353 e. The van der Waals surface area contributed by atoms with Crippen molar-refractivity contribution in [1.29, 1.82) is 10.8 Å². The van der Waals surface area contributed by atoms with Crippen LogP contribution in [-0.2, 0) is 16.0 Å². The Morgan fingerprint density at radius 3 is 2.34 bits per heavy atom. The van der Waals surface area contributed by atoms with Gasteiger partial charge in [0.15, 0.2) is 5.96 Å². The van der Waals surface area contributed by atoms with E-state index in [1.165, 1.54) is 11.9 Å². The highest BCUT2D eigenvalue weighted by atomic mass is 16.2. The van der Waals surface area contributed by atoms with Crippen molar-refractivity contribution in [2.24, 2.45) is 0 Å². The van der Waals surface area contributed by atoms with Crippen molar-refractivity contribution in [2.45, 2.75) is 26.3 Å². The first kappa shape index (κ1) is 28.6. The van der Waals surface area contributed by atoms with Gasteiger partial charge in [0.1, 0.15) is 6.54 Å². The van der Waals surface area contributed by atoms with Crippen molar-refractivity contribution < 1.29 is 9.59 Å². The maximum absolute atomic E-state index is 12.9. The molecule has 3 rings (SSSR count). The van der Waals surface area contributed by atoms with Crippen molar-refractivity contribution in [3.8, 4) is 0 Å². The van der Waals surface area contributed by atoms with Crippen LogP contribution in [0.1, 0.15) is 19.4 Å². The summed E-state index contributed by atoms with van der Waals surface area (Å²) < 4.78 is 0. The fourth-order valence-corrected chi connectivity index (χ4v) is 4.48. The molecule has 2 amide bonds. The number of carbonyl (C=O) groups excluding carboxylic acids is 2. The lowest BCUT2D eigenvalue weighted by molar-refractivity contribution is -0.117. The molecular formula is C28H40N8O2. The van der Waals surface area contributed by atoms with Crippen molar-refractivity contribution in [3.05, 3.63) is 60.2 Å². The molecule has 0 bridgehead atoms. The predicted octanol–water partition coefficient (Wildman–Crippen LogP) is 2.61. The minimum absolute atomic E-state index is 0.0762. The fraction of sp³-hybridized carbons (Fsp3) is 0.429. The summed E-state index contributed by atoms with van der Waals surface area (Å²) in [7, 11) is 2.00. The molecule has 0 radical (unpaired) electrons. The highest BCUT2D eigenvalue weighted by Crippen LogP contribution is 2.20. The highest BCUT2D eigenvalue weighted by molar-refractivity contribution is 5.97. The lowest BCUT2D eigenvalue weighted by atomic mass is 10.1. The zero-order valence-electron chi connectivity index (χ0n) is 22.6. The van der Waals surface area contributed by atoms with E-state index in [1.807, 2.05) is 37.1 Å². The number of benzene rings is 2. The molecule has 1 heterocycles. The van der Waals surface area contributed by atoms with E-state index in [-0.39, 0.29) is 30.9 Å². The molecule has 1 aliphatic heterocycles. The average molecular weight is 521 g/mol. The zero-order valence-corrected chi connectivity index (χ0v) is 22.6. The molecule has 2 aromatic rings. The molecule has 1 atom stereocenters. The fourth-order valence-electron chi connectivity index (χ4n) is 4.48. The van der Waals surface area contributed by atoms with Crippen LogP contribution in [0.5, 0.6) is 0 Å². The van der Waals surface area contributed by atoms with Crippen molar-refractivity contribution >= 4 is 35.5 Å². The Morgan fingerprint density at radius 1 is 1.03 bits per heavy atom. The van der Waals surface area contributed by atoms with Gasteiger partial charge in [-0.1, -0.05) is 43.3 Å². The third-order valence-corrected chi connectivity index (χ3v) is 6.70. The molecule has 10 heteroatoms. The van der Waals surface area contributed by atoms with Gasteiger partial charge >= 0.3 is 0 Å². The Balaban J connectivity index is 1.52. The molecule has 0 aromatic heterocycles. The average Bonchev–Trinajstić information content (AvgIpc) is 3.19. The summed E-state index contributed by atoms with van der Waals surface area (Å²) in [5.74, 6) is -0.0825. The van der Waals surface area contributed by atoms with Crippen molar-refractivity contribution in [2.75, 3.05) is 63.5 Å². The Labute approximate surface area is 225 Å². The van der Waals surface area contributed by atoms with E-state index in [2.05, 4.69) is 34.6 Å². The van der Waals surface area contributed by atoms with Crippen LogP contribution in [-0.4, -0.2) is 103 Å². The molecule has 38 heavy (non-hydrogen) atoms. The van der Waals surface area contributed by atoms with Gasteiger partial charge in [-0.3, -0.25) is 20.4 Å². The van der Waals surface area contributed by atoms with E-state index in [9.17, 15) is 9.59 Å². The molecule has 1 unspecified atom stereocenters. The molecule has 1 fully saturated rings. The van der Waals surface area contributed by atoms with Crippen molar-refractivity contribution in [3.63, 3.8) is 0 Å². The summed E-state index contributed by atoms with van der Waals surface area (Å²) in [6, 6.07) is 17.4. The SMILES string of the molecule is CCN(C)CCN(C=N)CC(=O)Nc1cccc(NC(=O)CN2CC(Cc3ccccc3)N(CC)C2=N)c1. The molecule has 2 aromatic carbocycles. The van der Waals surface area contributed by atoms with E-state index in [1.54, 1.807) is 34.1 Å². The van der Waals surface area contributed by atoms with Gasteiger partial charge in [0.2, 0.25) is 11.8 Å². The summed E-state index contributed by atoms with van der Waals surface area (Å²) in [6.45, 7) is 7.82.